The quantitative estimate of drug-likeness (QED) is 0.363. The number of rotatable bonds is 10. The molecule has 1 fully saturated rings. The molecule has 1 saturated carbocycles. The maximum absolute atomic E-state index is 13.0. The van der Waals surface area contributed by atoms with Crippen molar-refractivity contribution in [2.45, 2.75) is 64.1 Å². The highest BCUT2D eigenvalue weighted by Gasteiger charge is 2.29. The predicted octanol–water partition coefficient (Wildman–Crippen LogP) is 5.33. The molecule has 2 amide bonds. The lowest BCUT2D eigenvalue weighted by atomic mass is 9.90. The van der Waals surface area contributed by atoms with Gasteiger partial charge in [-0.2, -0.15) is 0 Å². The SMILES string of the molecule is COc1cc(OC)cc(C(=O)NC2CCCCC2NC(=O)c2csc(COc3ccc(C(C)C)cc3)n2)c1. The maximum Gasteiger partial charge on any atom is 0.271 e. The lowest BCUT2D eigenvalue weighted by molar-refractivity contribution is 0.0860. The number of aromatic nitrogens is 1. The first-order valence-corrected chi connectivity index (χ1v) is 13.8. The Kier molecular flexibility index (Phi) is 9.23. The van der Waals surface area contributed by atoms with E-state index < -0.39 is 0 Å². The summed E-state index contributed by atoms with van der Waals surface area (Å²) in [5.74, 6) is 1.83. The second-order valence-corrected chi connectivity index (χ2v) is 10.6. The number of amides is 2. The van der Waals surface area contributed by atoms with Gasteiger partial charge in [-0.25, -0.2) is 4.98 Å². The number of ether oxygens (including phenoxy) is 3. The number of hydrogen-bond donors (Lipinski definition) is 2. The van der Waals surface area contributed by atoms with Gasteiger partial charge in [0.1, 0.15) is 34.6 Å². The number of carbonyl (C=O) groups is 2. The van der Waals surface area contributed by atoms with Gasteiger partial charge < -0.3 is 24.8 Å². The van der Waals surface area contributed by atoms with E-state index in [0.29, 0.717) is 35.3 Å². The molecule has 0 aliphatic heterocycles. The van der Waals surface area contributed by atoms with Gasteiger partial charge in [0.15, 0.2) is 0 Å². The van der Waals surface area contributed by atoms with E-state index in [1.807, 2.05) is 12.1 Å². The van der Waals surface area contributed by atoms with E-state index in [9.17, 15) is 9.59 Å². The standard InChI is InChI=1S/C29H35N3O5S/c1-18(2)19-9-11-21(12-10-19)37-16-27-30-26(17-38-27)29(34)32-25-8-6-5-7-24(25)31-28(33)20-13-22(35-3)15-23(14-20)36-4/h9-15,17-18,24-25H,5-8,16H2,1-4H3,(H,31,33)(H,32,34). The highest BCUT2D eigenvalue weighted by Crippen LogP contribution is 2.25. The van der Waals surface area contributed by atoms with Crippen molar-refractivity contribution in [1.82, 2.24) is 15.6 Å². The topological polar surface area (TPSA) is 98.8 Å². The van der Waals surface area contributed by atoms with Gasteiger partial charge in [0.2, 0.25) is 0 Å². The Morgan fingerprint density at radius 2 is 1.53 bits per heavy atom. The van der Waals surface area contributed by atoms with Crippen LogP contribution in [0, 0.1) is 0 Å². The third kappa shape index (κ3) is 7.04. The van der Waals surface area contributed by atoms with Gasteiger partial charge in [0.05, 0.1) is 14.2 Å². The molecule has 1 aliphatic rings. The molecule has 0 bridgehead atoms. The highest BCUT2D eigenvalue weighted by atomic mass is 32.1. The van der Waals surface area contributed by atoms with Crippen molar-refractivity contribution in [2.24, 2.45) is 0 Å². The number of methoxy groups -OCH3 is 2. The van der Waals surface area contributed by atoms with Crippen LogP contribution in [-0.2, 0) is 6.61 Å². The van der Waals surface area contributed by atoms with Crippen molar-refractivity contribution in [1.29, 1.82) is 0 Å². The van der Waals surface area contributed by atoms with E-state index in [4.69, 9.17) is 14.2 Å². The fraction of sp³-hybridized carbons (Fsp3) is 0.414. The Labute approximate surface area is 227 Å². The van der Waals surface area contributed by atoms with E-state index >= 15 is 0 Å². The van der Waals surface area contributed by atoms with E-state index in [2.05, 4.69) is 41.6 Å². The van der Waals surface area contributed by atoms with Crippen molar-refractivity contribution in [2.75, 3.05) is 14.2 Å². The van der Waals surface area contributed by atoms with Crippen molar-refractivity contribution in [3.8, 4) is 17.2 Å². The van der Waals surface area contributed by atoms with Gasteiger partial charge in [-0.3, -0.25) is 9.59 Å². The summed E-state index contributed by atoms with van der Waals surface area (Å²) in [6.07, 6.45) is 3.53. The minimum Gasteiger partial charge on any atom is -0.497 e. The molecule has 8 nitrogen and oxygen atoms in total. The number of thiazole rings is 1. The van der Waals surface area contributed by atoms with Crippen LogP contribution in [0.25, 0.3) is 0 Å². The minimum atomic E-state index is -0.247. The van der Waals surface area contributed by atoms with Gasteiger partial charge >= 0.3 is 0 Å². The molecular formula is C29H35N3O5S. The lowest BCUT2D eigenvalue weighted by Gasteiger charge is -2.32. The molecule has 0 radical (unpaired) electrons. The van der Waals surface area contributed by atoms with Crippen molar-refractivity contribution in [3.05, 3.63) is 69.7 Å². The molecular weight excluding hydrogens is 502 g/mol. The van der Waals surface area contributed by atoms with Gasteiger partial charge in [-0.1, -0.05) is 38.8 Å². The number of hydrogen-bond acceptors (Lipinski definition) is 7. The zero-order valence-electron chi connectivity index (χ0n) is 22.3. The van der Waals surface area contributed by atoms with Gasteiger partial charge in [0, 0.05) is 29.1 Å². The van der Waals surface area contributed by atoms with Crippen LogP contribution in [0.4, 0.5) is 0 Å². The van der Waals surface area contributed by atoms with Crippen LogP contribution in [0.5, 0.6) is 17.2 Å². The average Bonchev–Trinajstić information content (AvgIpc) is 3.42. The molecule has 38 heavy (non-hydrogen) atoms. The van der Waals surface area contributed by atoms with E-state index in [1.54, 1.807) is 37.8 Å². The van der Waals surface area contributed by atoms with E-state index in [0.717, 1.165) is 36.4 Å². The van der Waals surface area contributed by atoms with Crippen molar-refractivity contribution >= 4 is 23.2 Å². The molecule has 202 valence electrons. The molecule has 0 spiro atoms. The van der Waals surface area contributed by atoms with Crippen LogP contribution in [0.2, 0.25) is 0 Å². The summed E-state index contributed by atoms with van der Waals surface area (Å²) >= 11 is 1.39. The molecule has 2 aromatic carbocycles. The first-order valence-electron chi connectivity index (χ1n) is 12.9. The van der Waals surface area contributed by atoms with E-state index in [1.165, 1.54) is 16.9 Å². The maximum atomic E-state index is 13.0. The molecule has 9 heteroatoms. The normalized spacial score (nSPS) is 17.1. The van der Waals surface area contributed by atoms with Crippen LogP contribution in [0.15, 0.2) is 47.8 Å². The van der Waals surface area contributed by atoms with Crippen molar-refractivity contribution in [3.63, 3.8) is 0 Å². The second kappa shape index (κ2) is 12.8. The first kappa shape index (κ1) is 27.4. The lowest BCUT2D eigenvalue weighted by Crippen LogP contribution is -2.53. The molecule has 0 saturated heterocycles. The summed E-state index contributed by atoms with van der Waals surface area (Å²) in [5.41, 5.74) is 2.06. The summed E-state index contributed by atoms with van der Waals surface area (Å²) < 4.78 is 16.4. The summed E-state index contributed by atoms with van der Waals surface area (Å²) in [6, 6.07) is 12.7. The Balaban J connectivity index is 1.35. The van der Waals surface area contributed by atoms with Crippen LogP contribution >= 0.6 is 11.3 Å². The minimum absolute atomic E-state index is 0.187. The fourth-order valence-corrected chi connectivity index (χ4v) is 5.17. The molecule has 4 rings (SSSR count). The highest BCUT2D eigenvalue weighted by molar-refractivity contribution is 7.09. The van der Waals surface area contributed by atoms with E-state index in [-0.39, 0.29) is 23.9 Å². The molecule has 2 atom stereocenters. The Morgan fingerprint density at radius 1 is 0.921 bits per heavy atom. The Bertz CT molecular complexity index is 1220. The number of nitrogens with zero attached hydrogens (tertiary/aromatic N) is 1. The number of nitrogens with one attached hydrogen (secondary N) is 2. The van der Waals surface area contributed by atoms with Gasteiger partial charge in [0.25, 0.3) is 11.8 Å². The van der Waals surface area contributed by atoms with Crippen molar-refractivity contribution < 1.29 is 23.8 Å². The second-order valence-electron chi connectivity index (χ2n) is 9.68. The summed E-state index contributed by atoms with van der Waals surface area (Å²) in [4.78, 5) is 30.5. The molecule has 2 N–H and O–H groups in total. The summed E-state index contributed by atoms with van der Waals surface area (Å²) in [6.45, 7) is 4.60. The number of carbonyl (C=O) groups excluding carboxylic acids is 2. The predicted molar refractivity (Wildman–Crippen MR) is 147 cm³/mol. The Morgan fingerprint density at radius 3 is 2.11 bits per heavy atom. The number of benzene rings is 2. The zero-order chi connectivity index (χ0) is 27.1. The third-order valence-electron chi connectivity index (χ3n) is 6.71. The van der Waals surface area contributed by atoms with Gasteiger partial charge in [-0.15, -0.1) is 11.3 Å². The summed E-state index contributed by atoms with van der Waals surface area (Å²) in [7, 11) is 3.09. The Hall–Kier alpha value is -3.59. The van der Waals surface area contributed by atoms with Crippen LogP contribution in [0.3, 0.4) is 0 Å². The average molecular weight is 538 g/mol. The molecule has 2 unspecified atom stereocenters. The molecule has 1 heterocycles. The smallest absolute Gasteiger partial charge is 0.271 e. The van der Waals surface area contributed by atoms with Gasteiger partial charge in [-0.05, 0) is 48.6 Å². The van der Waals surface area contributed by atoms with Crippen LogP contribution in [0.1, 0.15) is 76.9 Å². The molecule has 3 aromatic rings. The molecule has 1 aromatic heterocycles. The van der Waals surface area contributed by atoms with Crippen LogP contribution in [-0.4, -0.2) is 43.1 Å². The largest absolute Gasteiger partial charge is 0.497 e. The molecule has 1 aliphatic carbocycles. The van der Waals surface area contributed by atoms with Crippen LogP contribution < -0.4 is 24.8 Å². The third-order valence-corrected chi connectivity index (χ3v) is 7.53. The summed E-state index contributed by atoms with van der Waals surface area (Å²) in [5, 5.41) is 8.66. The zero-order valence-corrected chi connectivity index (χ0v) is 23.1. The monoisotopic (exact) mass is 537 g/mol. The first-order chi connectivity index (χ1) is 18.4. The fourth-order valence-electron chi connectivity index (χ4n) is 4.48.